The third-order valence-corrected chi connectivity index (χ3v) is 7.41. The van der Waals surface area contributed by atoms with Gasteiger partial charge in [-0.15, -0.1) is 0 Å². The molecule has 0 saturated carbocycles. The summed E-state index contributed by atoms with van der Waals surface area (Å²) in [4.78, 5) is 14.0. The maximum atomic E-state index is 12.6. The molecule has 0 fully saturated rings. The zero-order chi connectivity index (χ0) is 16.7. The summed E-state index contributed by atoms with van der Waals surface area (Å²) in [6.07, 6.45) is 0. The highest BCUT2D eigenvalue weighted by molar-refractivity contribution is 9.10. The van der Waals surface area contributed by atoms with E-state index in [1.54, 1.807) is 0 Å². The summed E-state index contributed by atoms with van der Waals surface area (Å²) in [6.45, 7) is 1.50. The van der Waals surface area contributed by atoms with Crippen LogP contribution in [0.3, 0.4) is 0 Å². The molecule has 1 heterocycles. The fourth-order valence-corrected chi connectivity index (χ4v) is 4.83. The lowest BCUT2D eigenvalue weighted by molar-refractivity contribution is -0.381. The van der Waals surface area contributed by atoms with Crippen LogP contribution in [0.5, 0.6) is 0 Å². The van der Waals surface area contributed by atoms with E-state index < -0.39 is 29.1 Å². The maximum Gasteiger partial charge on any atom is 0.351 e. The summed E-state index contributed by atoms with van der Waals surface area (Å²) < 4.78 is 23.3. The molecular weight excluding hydrogens is 439 g/mol. The van der Waals surface area contributed by atoms with Crippen molar-refractivity contribution in [2.75, 3.05) is 0 Å². The minimum absolute atomic E-state index is 0.166. The number of alkyl halides is 2. The molecule has 11 heteroatoms. The highest BCUT2D eigenvalue weighted by Gasteiger charge is 2.50. The van der Waals surface area contributed by atoms with Crippen LogP contribution in [0.2, 0.25) is 0 Å². The lowest BCUT2D eigenvalue weighted by Gasteiger charge is -2.17. The molecule has 0 aliphatic heterocycles. The number of benzene rings is 1. The van der Waals surface area contributed by atoms with E-state index >= 15 is 0 Å². The Morgan fingerprint density at radius 3 is 2.36 bits per heavy atom. The van der Waals surface area contributed by atoms with Gasteiger partial charge in [-0.3, -0.25) is 10.1 Å². The van der Waals surface area contributed by atoms with Gasteiger partial charge in [-0.25, -0.2) is 13.4 Å². The third-order valence-electron chi connectivity index (χ3n) is 2.62. The van der Waals surface area contributed by atoms with Crippen molar-refractivity contribution in [3.63, 3.8) is 0 Å². The summed E-state index contributed by atoms with van der Waals surface area (Å²) >= 11 is 15.9. The van der Waals surface area contributed by atoms with Gasteiger partial charge >= 0.3 is 5.00 Å². The predicted molar refractivity (Wildman–Crippen MR) is 88.2 cm³/mol. The summed E-state index contributed by atoms with van der Waals surface area (Å²) in [5.41, 5.74) is -0.494. The first-order chi connectivity index (χ1) is 10.1. The number of thiazole rings is 1. The molecule has 0 bridgehead atoms. The molecule has 6 nitrogen and oxygen atoms in total. The number of hydrogen-bond donors (Lipinski definition) is 0. The van der Waals surface area contributed by atoms with Crippen LogP contribution >= 0.6 is 50.5 Å². The summed E-state index contributed by atoms with van der Waals surface area (Å²) in [5.74, 6) is 0. The molecule has 0 aliphatic rings. The molecule has 0 unspecified atom stereocenters. The van der Waals surface area contributed by atoms with Gasteiger partial charge in [-0.2, -0.15) is 0 Å². The number of halogens is 3. The van der Waals surface area contributed by atoms with Crippen LogP contribution < -0.4 is 0 Å². The first-order valence-electron chi connectivity index (χ1n) is 5.57. The molecule has 0 atom stereocenters. The first-order valence-corrected chi connectivity index (χ1v) is 9.42. The largest absolute Gasteiger partial charge is 0.351 e. The molecule has 22 heavy (non-hydrogen) atoms. The van der Waals surface area contributed by atoms with Gasteiger partial charge in [0.05, 0.1) is 14.8 Å². The molecule has 0 saturated heterocycles. The van der Waals surface area contributed by atoms with Gasteiger partial charge in [0, 0.05) is 4.47 Å². The quantitative estimate of drug-likeness (QED) is 0.399. The molecule has 0 aliphatic carbocycles. The second-order valence-electron chi connectivity index (χ2n) is 4.12. The minimum Gasteiger partial charge on any atom is -0.257 e. The Hall–Kier alpha value is -0.740. The van der Waals surface area contributed by atoms with Gasteiger partial charge in [0.15, 0.2) is 5.69 Å². The standard InChI is InChI=1S/C11H7BrCl2N2O4S2/c1-6-15-9(10(21-6)16(17)18)11(13,14)22(19,20)8-4-2-7(12)3-5-8/h2-5H,1H3. The van der Waals surface area contributed by atoms with Crippen molar-refractivity contribution < 1.29 is 13.3 Å². The highest BCUT2D eigenvalue weighted by Crippen LogP contribution is 2.48. The Bertz CT molecular complexity index is 834. The van der Waals surface area contributed by atoms with Crippen LogP contribution in [-0.2, 0) is 13.5 Å². The van der Waals surface area contributed by atoms with E-state index in [0.29, 0.717) is 20.8 Å². The van der Waals surface area contributed by atoms with Gasteiger partial charge in [0.25, 0.3) is 3.67 Å². The maximum absolute atomic E-state index is 12.6. The van der Waals surface area contributed by atoms with E-state index in [1.807, 2.05) is 0 Å². The zero-order valence-corrected chi connectivity index (χ0v) is 15.5. The number of aromatic nitrogens is 1. The highest BCUT2D eigenvalue weighted by atomic mass is 79.9. The lowest BCUT2D eigenvalue weighted by atomic mass is 10.4. The Morgan fingerprint density at radius 2 is 1.86 bits per heavy atom. The van der Waals surface area contributed by atoms with E-state index in [4.69, 9.17) is 23.2 Å². The van der Waals surface area contributed by atoms with E-state index in [-0.39, 0.29) is 4.90 Å². The fraction of sp³-hybridized carbons (Fsp3) is 0.182. The molecule has 118 valence electrons. The second kappa shape index (κ2) is 6.04. The van der Waals surface area contributed by atoms with Crippen molar-refractivity contribution >= 4 is 65.3 Å². The van der Waals surface area contributed by atoms with Crippen LogP contribution in [0.4, 0.5) is 5.00 Å². The average molecular weight is 446 g/mol. The predicted octanol–water partition coefficient (Wildman–Crippen LogP) is 4.18. The Labute approximate surface area is 148 Å². The van der Waals surface area contributed by atoms with Gasteiger partial charge in [0.1, 0.15) is 0 Å². The monoisotopic (exact) mass is 444 g/mol. The number of aryl methyl sites for hydroxylation is 1. The van der Waals surface area contributed by atoms with Crippen LogP contribution in [-0.4, -0.2) is 18.3 Å². The van der Waals surface area contributed by atoms with Crippen molar-refractivity contribution in [2.45, 2.75) is 15.5 Å². The SMILES string of the molecule is Cc1nc(C(Cl)(Cl)S(=O)(=O)c2ccc(Br)cc2)c([N+](=O)[O-])s1. The van der Waals surface area contributed by atoms with Crippen molar-refractivity contribution in [3.8, 4) is 0 Å². The van der Waals surface area contributed by atoms with E-state index in [2.05, 4.69) is 20.9 Å². The van der Waals surface area contributed by atoms with Gasteiger partial charge in [-0.05, 0) is 42.5 Å². The van der Waals surface area contributed by atoms with Crippen LogP contribution in [0.1, 0.15) is 10.7 Å². The van der Waals surface area contributed by atoms with Crippen LogP contribution in [0, 0.1) is 17.0 Å². The van der Waals surface area contributed by atoms with Gasteiger partial charge in [-0.1, -0.05) is 39.1 Å². The molecule has 1 aromatic carbocycles. The second-order valence-corrected chi connectivity index (χ2v) is 10.1. The molecule has 1 aromatic heterocycles. The normalized spacial score (nSPS) is 12.4. The number of hydrogen-bond acceptors (Lipinski definition) is 6. The van der Waals surface area contributed by atoms with Crippen LogP contribution in [0.15, 0.2) is 33.6 Å². The van der Waals surface area contributed by atoms with E-state index in [0.717, 1.165) is 0 Å². The Morgan fingerprint density at radius 1 is 1.32 bits per heavy atom. The Kier molecular flexibility index (Phi) is 4.84. The van der Waals surface area contributed by atoms with Gasteiger partial charge < -0.3 is 0 Å². The molecule has 0 amide bonds. The minimum atomic E-state index is -4.30. The lowest BCUT2D eigenvalue weighted by Crippen LogP contribution is -2.25. The number of nitrogens with zero attached hydrogens (tertiary/aromatic N) is 2. The average Bonchev–Trinajstić information content (AvgIpc) is 2.82. The number of sulfone groups is 1. The van der Waals surface area contributed by atoms with E-state index in [9.17, 15) is 18.5 Å². The Balaban J connectivity index is 2.63. The number of nitro groups is 1. The molecule has 0 spiro atoms. The van der Waals surface area contributed by atoms with Crippen LogP contribution in [0.25, 0.3) is 0 Å². The van der Waals surface area contributed by atoms with E-state index in [1.165, 1.54) is 31.2 Å². The fourth-order valence-electron chi connectivity index (χ4n) is 1.62. The van der Waals surface area contributed by atoms with Crippen molar-refractivity contribution in [1.82, 2.24) is 4.98 Å². The molecule has 0 radical (unpaired) electrons. The molecule has 0 N–H and O–H groups in total. The van der Waals surface area contributed by atoms with Gasteiger partial charge in [0.2, 0.25) is 9.84 Å². The topological polar surface area (TPSA) is 90.2 Å². The summed E-state index contributed by atoms with van der Waals surface area (Å²) in [7, 11) is -4.30. The summed E-state index contributed by atoms with van der Waals surface area (Å²) in [6, 6.07) is 5.59. The van der Waals surface area contributed by atoms with Crippen molar-refractivity contribution in [3.05, 3.63) is 49.6 Å². The summed E-state index contributed by atoms with van der Waals surface area (Å²) in [5, 5.41) is 10.8. The molecule has 2 rings (SSSR count). The van der Waals surface area contributed by atoms with Crippen molar-refractivity contribution in [2.24, 2.45) is 0 Å². The molecule has 2 aromatic rings. The molecular formula is C11H7BrCl2N2O4S2. The number of rotatable bonds is 4. The first kappa shape index (κ1) is 17.6. The smallest absolute Gasteiger partial charge is 0.257 e. The van der Waals surface area contributed by atoms with Crippen molar-refractivity contribution in [1.29, 1.82) is 0 Å². The third kappa shape index (κ3) is 3.00. The zero-order valence-electron chi connectivity index (χ0n) is 10.8.